The van der Waals surface area contributed by atoms with Crippen LogP contribution in [0.3, 0.4) is 0 Å². The summed E-state index contributed by atoms with van der Waals surface area (Å²) in [5.41, 5.74) is 1.47. The number of rotatable bonds is 4. The van der Waals surface area contributed by atoms with Crippen molar-refractivity contribution < 1.29 is 4.79 Å². The van der Waals surface area contributed by atoms with Crippen molar-refractivity contribution in [2.75, 3.05) is 12.4 Å². The van der Waals surface area contributed by atoms with Crippen molar-refractivity contribution in [1.82, 2.24) is 10.3 Å². The molecule has 1 heterocycles. The third kappa shape index (κ3) is 2.87. The molecule has 2 rings (SSSR count). The number of hydrogen-bond donors (Lipinski definition) is 2. The Morgan fingerprint density at radius 3 is 2.83 bits per heavy atom. The van der Waals surface area contributed by atoms with E-state index in [-0.39, 0.29) is 5.91 Å². The molecule has 0 aliphatic rings. The van der Waals surface area contributed by atoms with Gasteiger partial charge in [-0.2, -0.15) is 0 Å². The van der Waals surface area contributed by atoms with Crippen molar-refractivity contribution in [2.24, 2.45) is 0 Å². The van der Waals surface area contributed by atoms with Gasteiger partial charge in [0.15, 0.2) is 0 Å². The van der Waals surface area contributed by atoms with E-state index in [9.17, 15) is 4.79 Å². The van der Waals surface area contributed by atoms with Crippen molar-refractivity contribution in [1.29, 1.82) is 0 Å². The van der Waals surface area contributed by atoms with Crippen molar-refractivity contribution in [2.45, 2.75) is 13.5 Å². The molecule has 0 aliphatic carbocycles. The Balaban J connectivity index is 2.03. The molecule has 0 fully saturated rings. The number of benzene rings is 1. The molecular formula is C13H15N3OS. The molecule has 94 valence electrons. The molecule has 1 aromatic carbocycles. The number of aryl methyl sites for hydroxylation is 1. The van der Waals surface area contributed by atoms with Gasteiger partial charge in [-0.25, -0.2) is 4.98 Å². The molecule has 0 saturated heterocycles. The molecule has 18 heavy (non-hydrogen) atoms. The van der Waals surface area contributed by atoms with Gasteiger partial charge in [0, 0.05) is 23.8 Å². The predicted molar refractivity (Wildman–Crippen MR) is 74.0 cm³/mol. The minimum absolute atomic E-state index is 0.0900. The molecule has 0 aliphatic heterocycles. The maximum Gasteiger partial charge on any atom is 0.253 e. The third-order valence-corrected chi connectivity index (χ3v) is 3.42. The topological polar surface area (TPSA) is 54.0 Å². The maximum atomic E-state index is 12.0. The van der Waals surface area contributed by atoms with E-state index in [1.54, 1.807) is 24.5 Å². The van der Waals surface area contributed by atoms with Gasteiger partial charge in [0.1, 0.15) is 5.01 Å². The first-order valence-electron chi connectivity index (χ1n) is 5.67. The lowest BCUT2D eigenvalue weighted by Crippen LogP contribution is -2.23. The van der Waals surface area contributed by atoms with Crippen LogP contribution in [0.1, 0.15) is 20.2 Å². The summed E-state index contributed by atoms with van der Waals surface area (Å²) in [7, 11) is 1.80. The van der Waals surface area contributed by atoms with Crippen LogP contribution in [0, 0.1) is 6.92 Å². The zero-order chi connectivity index (χ0) is 13.0. The van der Waals surface area contributed by atoms with Crippen molar-refractivity contribution >= 4 is 22.9 Å². The Hall–Kier alpha value is -1.88. The van der Waals surface area contributed by atoms with E-state index >= 15 is 0 Å². The second-order valence-electron chi connectivity index (χ2n) is 3.84. The first-order valence-corrected chi connectivity index (χ1v) is 6.48. The van der Waals surface area contributed by atoms with Crippen LogP contribution in [-0.2, 0) is 6.54 Å². The lowest BCUT2D eigenvalue weighted by Gasteiger charge is -2.08. The average molecular weight is 261 g/mol. The molecule has 5 heteroatoms. The van der Waals surface area contributed by atoms with Crippen LogP contribution in [-0.4, -0.2) is 17.9 Å². The summed E-state index contributed by atoms with van der Waals surface area (Å²) in [5.74, 6) is -0.0900. The normalized spacial score (nSPS) is 10.1. The molecule has 2 aromatic rings. The fourth-order valence-electron chi connectivity index (χ4n) is 1.63. The van der Waals surface area contributed by atoms with Crippen molar-refractivity contribution in [3.63, 3.8) is 0 Å². The fraction of sp³-hybridized carbons (Fsp3) is 0.231. The molecule has 0 spiro atoms. The van der Waals surface area contributed by atoms with Gasteiger partial charge < -0.3 is 10.6 Å². The Bertz CT molecular complexity index is 551. The van der Waals surface area contributed by atoms with E-state index in [4.69, 9.17) is 0 Å². The van der Waals surface area contributed by atoms with Gasteiger partial charge in [0.25, 0.3) is 5.91 Å². The number of anilines is 1. The van der Waals surface area contributed by atoms with Gasteiger partial charge in [-0.3, -0.25) is 4.79 Å². The monoisotopic (exact) mass is 261 g/mol. The molecule has 0 saturated carbocycles. The predicted octanol–water partition coefficient (Wildman–Crippen LogP) is 2.42. The van der Waals surface area contributed by atoms with Gasteiger partial charge in [-0.1, -0.05) is 12.1 Å². The summed E-state index contributed by atoms with van der Waals surface area (Å²) in [6, 6.07) is 7.42. The van der Waals surface area contributed by atoms with Gasteiger partial charge in [0.05, 0.1) is 12.1 Å². The van der Waals surface area contributed by atoms with E-state index in [1.807, 2.05) is 31.3 Å². The second kappa shape index (κ2) is 5.64. The highest BCUT2D eigenvalue weighted by molar-refractivity contribution is 7.11. The van der Waals surface area contributed by atoms with Crippen LogP contribution in [0.15, 0.2) is 30.5 Å². The van der Waals surface area contributed by atoms with E-state index in [0.717, 1.165) is 15.6 Å². The number of amides is 1. The fourth-order valence-corrected chi connectivity index (χ4v) is 2.36. The Morgan fingerprint density at radius 1 is 1.39 bits per heavy atom. The largest absolute Gasteiger partial charge is 0.387 e. The van der Waals surface area contributed by atoms with Crippen LogP contribution in [0.4, 0.5) is 5.69 Å². The number of thiazole rings is 1. The molecule has 1 aromatic heterocycles. The third-order valence-electron chi connectivity index (χ3n) is 2.51. The average Bonchev–Trinajstić information content (AvgIpc) is 2.81. The lowest BCUT2D eigenvalue weighted by molar-refractivity contribution is 0.0951. The van der Waals surface area contributed by atoms with Crippen LogP contribution < -0.4 is 10.6 Å². The Kier molecular flexibility index (Phi) is 3.94. The lowest BCUT2D eigenvalue weighted by atomic mass is 10.1. The highest BCUT2D eigenvalue weighted by Gasteiger charge is 2.10. The Morgan fingerprint density at radius 2 is 2.17 bits per heavy atom. The minimum Gasteiger partial charge on any atom is -0.387 e. The SMILES string of the molecule is CNc1ccccc1C(=O)NCc1ncc(C)s1. The number of aromatic nitrogens is 1. The number of hydrogen-bond acceptors (Lipinski definition) is 4. The van der Waals surface area contributed by atoms with Crippen molar-refractivity contribution in [3.8, 4) is 0 Å². The standard InChI is InChI=1S/C13H15N3OS/c1-9-7-15-12(18-9)8-16-13(17)10-5-3-4-6-11(10)14-2/h3-7,14H,8H2,1-2H3,(H,16,17). The molecular weight excluding hydrogens is 246 g/mol. The number of nitrogens with one attached hydrogen (secondary N) is 2. The molecule has 0 bridgehead atoms. The van der Waals surface area contributed by atoms with Gasteiger partial charge in [0.2, 0.25) is 0 Å². The molecule has 4 nitrogen and oxygen atoms in total. The summed E-state index contributed by atoms with van der Waals surface area (Å²) in [6.45, 7) is 2.47. The quantitative estimate of drug-likeness (QED) is 0.888. The number of para-hydroxylation sites is 1. The van der Waals surface area contributed by atoms with Crippen LogP contribution >= 0.6 is 11.3 Å². The van der Waals surface area contributed by atoms with Crippen LogP contribution in [0.5, 0.6) is 0 Å². The summed E-state index contributed by atoms with van der Waals surface area (Å²) >= 11 is 1.59. The summed E-state index contributed by atoms with van der Waals surface area (Å²) in [5, 5.41) is 6.80. The molecule has 0 unspecified atom stereocenters. The molecule has 0 atom stereocenters. The van der Waals surface area contributed by atoms with E-state index < -0.39 is 0 Å². The van der Waals surface area contributed by atoms with E-state index in [1.165, 1.54) is 0 Å². The first kappa shape index (κ1) is 12.6. The van der Waals surface area contributed by atoms with Gasteiger partial charge >= 0.3 is 0 Å². The number of carbonyl (C=O) groups is 1. The van der Waals surface area contributed by atoms with Crippen molar-refractivity contribution in [3.05, 3.63) is 45.9 Å². The van der Waals surface area contributed by atoms with Crippen LogP contribution in [0.2, 0.25) is 0 Å². The first-order chi connectivity index (χ1) is 8.70. The Labute approximate surface area is 110 Å². The summed E-state index contributed by atoms with van der Waals surface area (Å²) in [4.78, 5) is 17.4. The second-order valence-corrected chi connectivity index (χ2v) is 5.16. The zero-order valence-electron chi connectivity index (χ0n) is 10.4. The molecule has 0 radical (unpaired) electrons. The van der Waals surface area contributed by atoms with E-state index in [0.29, 0.717) is 12.1 Å². The van der Waals surface area contributed by atoms with Gasteiger partial charge in [-0.15, -0.1) is 11.3 Å². The molecule has 1 amide bonds. The van der Waals surface area contributed by atoms with E-state index in [2.05, 4.69) is 15.6 Å². The summed E-state index contributed by atoms with van der Waals surface area (Å²) in [6.07, 6.45) is 1.81. The summed E-state index contributed by atoms with van der Waals surface area (Å²) < 4.78 is 0. The highest BCUT2D eigenvalue weighted by atomic mass is 32.1. The number of carbonyl (C=O) groups excluding carboxylic acids is 1. The zero-order valence-corrected chi connectivity index (χ0v) is 11.2. The van der Waals surface area contributed by atoms with Crippen LogP contribution in [0.25, 0.3) is 0 Å². The maximum absolute atomic E-state index is 12.0. The van der Waals surface area contributed by atoms with Gasteiger partial charge in [-0.05, 0) is 19.1 Å². The highest BCUT2D eigenvalue weighted by Crippen LogP contribution is 2.15. The minimum atomic E-state index is -0.0900. The molecule has 2 N–H and O–H groups in total. The number of nitrogens with zero attached hydrogens (tertiary/aromatic N) is 1. The smallest absolute Gasteiger partial charge is 0.253 e.